The van der Waals surface area contributed by atoms with Gasteiger partial charge < -0.3 is 20.7 Å². The highest BCUT2D eigenvalue weighted by Gasteiger charge is 2.39. The van der Waals surface area contributed by atoms with Crippen molar-refractivity contribution in [2.75, 3.05) is 5.32 Å². The highest BCUT2D eigenvalue weighted by atomic mass is 19.4. The highest BCUT2D eigenvalue weighted by Crippen LogP contribution is 2.32. The standard InChI is InChI=1S/C22H32F3N5O4/c1-12(2)18(31)27-11-16-17(30-19(32)22(23,24)25)26-10-15(29-16)13-6-8-14(9-7-13)28-20(33)34-21(3,4)5/h10,12-14H,6-9,11H2,1-5H3,(H,27,31)(H,28,33)(H,26,30,32). The zero-order valence-electron chi connectivity index (χ0n) is 20.0. The third kappa shape index (κ3) is 8.45. The minimum Gasteiger partial charge on any atom is -0.444 e. The Morgan fingerprint density at radius 2 is 1.74 bits per heavy atom. The Hall–Kier alpha value is -2.92. The van der Waals surface area contributed by atoms with Crippen molar-refractivity contribution in [2.45, 2.75) is 90.6 Å². The zero-order chi connectivity index (χ0) is 25.7. The number of halogens is 3. The summed E-state index contributed by atoms with van der Waals surface area (Å²) < 4.78 is 43.4. The van der Waals surface area contributed by atoms with Crippen molar-refractivity contribution in [3.63, 3.8) is 0 Å². The van der Waals surface area contributed by atoms with E-state index in [-0.39, 0.29) is 41.8 Å². The predicted octanol–water partition coefficient (Wildman–Crippen LogP) is 3.80. The Labute approximate surface area is 196 Å². The number of hydrogen-bond donors (Lipinski definition) is 3. The number of rotatable bonds is 6. The number of aromatic nitrogens is 2. The number of anilines is 1. The fourth-order valence-corrected chi connectivity index (χ4v) is 3.43. The third-order valence-electron chi connectivity index (χ3n) is 5.17. The third-order valence-corrected chi connectivity index (χ3v) is 5.17. The zero-order valence-corrected chi connectivity index (χ0v) is 20.0. The first-order valence-electron chi connectivity index (χ1n) is 11.2. The summed E-state index contributed by atoms with van der Waals surface area (Å²) in [5.74, 6) is -3.20. The molecule has 1 aliphatic carbocycles. The molecule has 1 fully saturated rings. The Bertz CT molecular complexity index is 892. The van der Waals surface area contributed by atoms with Crippen LogP contribution in [0.15, 0.2) is 6.20 Å². The Morgan fingerprint density at radius 1 is 1.12 bits per heavy atom. The van der Waals surface area contributed by atoms with Crippen LogP contribution in [0.4, 0.5) is 23.8 Å². The molecule has 190 valence electrons. The number of nitrogens with zero attached hydrogens (tertiary/aromatic N) is 2. The maximum absolute atomic E-state index is 12.7. The molecule has 1 saturated carbocycles. The second-order valence-electron chi connectivity index (χ2n) is 9.61. The average molecular weight is 488 g/mol. The summed E-state index contributed by atoms with van der Waals surface area (Å²) in [5.41, 5.74) is -0.00530. The molecule has 9 nitrogen and oxygen atoms in total. The molecule has 0 aliphatic heterocycles. The highest BCUT2D eigenvalue weighted by molar-refractivity contribution is 5.94. The van der Waals surface area contributed by atoms with E-state index in [9.17, 15) is 27.6 Å². The second-order valence-corrected chi connectivity index (χ2v) is 9.61. The number of amides is 3. The van der Waals surface area contributed by atoms with Crippen LogP contribution in [0.1, 0.15) is 77.6 Å². The first kappa shape index (κ1) is 27.3. The molecule has 0 aromatic carbocycles. The fraction of sp³-hybridized carbons (Fsp3) is 0.682. The first-order valence-corrected chi connectivity index (χ1v) is 11.2. The predicted molar refractivity (Wildman–Crippen MR) is 118 cm³/mol. The van der Waals surface area contributed by atoms with Gasteiger partial charge >= 0.3 is 18.2 Å². The van der Waals surface area contributed by atoms with E-state index in [4.69, 9.17) is 4.74 Å². The van der Waals surface area contributed by atoms with Crippen LogP contribution in [0.2, 0.25) is 0 Å². The van der Waals surface area contributed by atoms with Crippen molar-refractivity contribution >= 4 is 23.7 Å². The SMILES string of the molecule is CC(C)C(=O)NCc1nc(C2CCC(NC(=O)OC(C)(C)C)CC2)cnc1NC(=O)C(F)(F)F. The van der Waals surface area contributed by atoms with E-state index in [0.29, 0.717) is 31.4 Å². The number of hydrogen-bond acceptors (Lipinski definition) is 6. The minimum atomic E-state index is -5.08. The van der Waals surface area contributed by atoms with Crippen LogP contribution in [0, 0.1) is 5.92 Å². The molecule has 0 saturated heterocycles. The summed E-state index contributed by atoms with van der Waals surface area (Å²) in [7, 11) is 0. The molecular weight excluding hydrogens is 455 g/mol. The smallest absolute Gasteiger partial charge is 0.444 e. The van der Waals surface area contributed by atoms with Crippen molar-refractivity contribution in [3.8, 4) is 0 Å². The van der Waals surface area contributed by atoms with Gasteiger partial charge in [-0.1, -0.05) is 13.8 Å². The summed E-state index contributed by atoms with van der Waals surface area (Å²) in [6.07, 6.45) is -1.56. The second kappa shape index (κ2) is 11.0. The quantitative estimate of drug-likeness (QED) is 0.561. The maximum Gasteiger partial charge on any atom is 0.471 e. The van der Waals surface area contributed by atoms with Crippen LogP contribution in [0.25, 0.3) is 0 Å². The lowest BCUT2D eigenvalue weighted by Gasteiger charge is -2.30. The van der Waals surface area contributed by atoms with E-state index in [1.54, 1.807) is 39.9 Å². The molecule has 1 heterocycles. The summed E-state index contributed by atoms with van der Waals surface area (Å²) in [6.45, 7) is 8.51. The van der Waals surface area contributed by atoms with E-state index in [1.807, 2.05) is 0 Å². The van der Waals surface area contributed by atoms with Gasteiger partial charge in [0.05, 0.1) is 18.4 Å². The molecule has 0 unspecified atom stereocenters. The largest absolute Gasteiger partial charge is 0.471 e. The van der Waals surface area contributed by atoms with Crippen LogP contribution in [-0.4, -0.2) is 45.7 Å². The molecule has 0 atom stereocenters. The van der Waals surface area contributed by atoms with E-state index >= 15 is 0 Å². The van der Waals surface area contributed by atoms with Crippen molar-refractivity contribution in [2.24, 2.45) is 5.92 Å². The summed E-state index contributed by atoms with van der Waals surface area (Å²) in [5, 5.41) is 7.17. The molecule has 34 heavy (non-hydrogen) atoms. The van der Waals surface area contributed by atoms with Crippen LogP contribution in [-0.2, 0) is 20.9 Å². The van der Waals surface area contributed by atoms with Gasteiger partial charge in [0.25, 0.3) is 0 Å². The van der Waals surface area contributed by atoms with Gasteiger partial charge in [-0.25, -0.2) is 9.78 Å². The molecule has 1 aromatic rings. The number of alkyl carbamates (subject to hydrolysis) is 1. The van der Waals surface area contributed by atoms with Gasteiger partial charge in [0.1, 0.15) is 11.3 Å². The van der Waals surface area contributed by atoms with Crippen molar-refractivity contribution in [3.05, 3.63) is 17.6 Å². The molecule has 0 bridgehead atoms. The lowest BCUT2D eigenvalue weighted by Crippen LogP contribution is -2.40. The van der Waals surface area contributed by atoms with Gasteiger partial charge in [0.15, 0.2) is 5.82 Å². The monoisotopic (exact) mass is 487 g/mol. The van der Waals surface area contributed by atoms with E-state index in [2.05, 4.69) is 20.6 Å². The molecular formula is C22H32F3N5O4. The average Bonchev–Trinajstić information content (AvgIpc) is 2.71. The number of carbonyl (C=O) groups is 3. The molecule has 1 aromatic heterocycles. The molecule has 0 radical (unpaired) electrons. The molecule has 12 heteroatoms. The van der Waals surface area contributed by atoms with E-state index < -0.39 is 23.8 Å². The normalized spacial score (nSPS) is 18.9. The number of nitrogens with one attached hydrogen (secondary N) is 3. The summed E-state index contributed by atoms with van der Waals surface area (Å²) in [4.78, 5) is 43.7. The Morgan fingerprint density at radius 3 is 2.26 bits per heavy atom. The van der Waals surface area contributed by atoms with Gasteiger partial charge in [0, 0.05) is 17.9 Å². The van der Waals surface area contributed by atoms with Gasteiger partial charge in [-0.3, -0.25) is 14.6 Å². The van der Waals surface area contributed by atoms with E-state index in [1.165, 1.54) is 6.20 Å². The minimum absolute atomic E-state index is 0.0314. The van der Waals surface area contributed by atoms with Crippen LogP contribution >= 0.6 is 0 Å². The maximum atomic E-state index is 12.7. The molecule has 0 spiro atoms. The lowest BCUT2D eigenvalue weighted by atomic mass is 9.84. The summed E-state index contributed by atoms with van der Waals surface area (Å²) in [6, 6.07) is -0.0609. The van der Waals surface area contributed by atoms with Crippen LogP contribution in [0.3, 0.4) is 0 Å². The van der Waals surface area contributed by atoms with Crippen LogP contribution in [0.5, 0.6) is 0 Å². The first-order chi connectivity index (χ1) is 15.7. The van der Waals surface area contributed by atoms with Crippen molar-refractivity contribution in [1.29, 1.82) is 0 Å². The summed E-state index contributed by atoms with van der Waals surface area (Å²) >= 11 is 0. The van der Waals surface area contributed by atoms with Gasteiger partial charge in [-0.2, -0.15) is 13.2 Å². The number of alkyl halides is 3. The van der Waals surface area contributed by atoms with Gasteiger partial charge in [0.2, 0.25) is 5.91 Å². The molecule has 3 amide bonds. The van der Waals surface area contributed by atoms with Crippen molar-refractivity contribution < 1.29 is 32.3 Å². The number of carbonyl (C=O) groups excluding carboxylic acids is 3. The van der Waals surface area contributed by atoms with Gasteiger partial charge in [-0.05, 0) is 46.5 Å². The number of ether oxygens (including phenoxy) is 1. The van der Waals surface area contributed by atoms with Gasteiger partial charge in [-0.15, -0.1) is 0 Å². The van der Waals surface area contributed by atoms with Crippen molar-refractivity contribution in [1.82, 2.24) is 20.6 Å². The molecule has 2 rings (SSSR count). The Balaban J connectivity index is 2.10. The molecule has 1 aliphatic rings. The Kier molecular flexibility index (Phi) is 8.84. The topological polar surface area (TPSA) is 122 Å². The van der Waals surface area contributed by atoms with E-state index in [0.717, 1.165) is 0 Å². The molecule has 3 N–H and O–H groups in total. The lowest BCUT2D eigenvalue weighted by molar-refractivity contribution is -0.167. The van der Waals surface area contributed by atoms with Crippen LogP contribution < -0.4 is 16.0 Å². The fourth-order valence-electron chi connectivity index (χ4n) is 3.43.